The number of rotatable bonds is 6. The molecule has 1 atom stereocenters. The van der Waals surface area contributed by atoms with Crippen molar-refractivity contribution in [1.29, 1.82) is 0 Å². The maximum atomic E-state index is 12.9. The van der Waals surface area contributed by atoms with Gasteiger partial charge in [-0.1, -0.05) is 18.2 Å². The second kappa shape index (κ2) is 7.40. The summed E-state index contributed by atoms with van der Waals surface area (Å²) < 4.78 is 5.02. The summed E-state index contributed by atoms with van der Waals surface area (Å²) >= 11 is 0. The van der Waals surface area contributed by atoms with E-state index >= 15 is 0 Å². The largest absolute Gasteiger partial charge is 0.385 e. The van der Waals surface area contributed by atoms with Crippen LogP contribution in [0, 0.1) is 0 Å². The number of para-hydroxylation sites is 1. The molecule has 0 fully saturated rings. The standard InChI is InChI=1S/C18H22N4O2/c1-13-10-14-6-3-4-7-16(14)22(13)18(23)15-11-17(21-12-20-15)19-8-5-9-24-2/h3-4,6-7,11-13H,5,8-10H2,1-2H3,(H,19,20,21). The first-order chi connectivity index (χ1) is 11.7. The second-order valence-electron chi connectivity index (χ2n) is 5.92. The third-order valence-corrected chi connectivity index (χ3v) is 4.14. The summed E-state index contributed by atoms with van der Waals surface area (Å²) in [5.41, 5.74) is 2.58. The van der Waals surface area contributed by atoms with Crippen molar-refractivity contribution in [3.05, 3.63) is 47.9 Å². The van der Waals surface area contributed by atoms with Crippen LogP contribution in [0.15, 0.2) is 36.7 Å². The monoisotopic (exact) mass is 326 g/mol. The van der Waals surface area contributed by atoms with Crippen LogP contribution in [0.4, 0.5) is 11.5 Å². The molecule has 0 aliphatic carbocycles. The molecule has 1 aliphatic heterocycles. The molecule has 0 bridgehead atoms. The van der Waals surface area contributed by atoms with Crippen LogP contribution in [-0.4, -0.2) is 42.2 Å². The lowest BCUT2D eigenvalue weighted by Crippen LogP contribution is -2.36. The highest BCUT2D eigenvalue weighted by Crippen LogP contribution is 2.32. The summed E-state index contributed by atoms with van der Waals surface area (Å²) in [6.45, 7) is 3.48. The van der Waals surface area contributed by atoms with E-state index in [1.807, 2.05) is 23.1 Å². The molecule has 0 saturated heterocycles. The molecule has 24 heavy (non-hydrogen) atoms. The number of anilines is 2. The van der Waals surface area contributed by atoms with Gasteiger partial charge in [0.05, 0.1) is 0 Å². The molecule has 1 amide bonds. The summed E-state index contributed by atoms with van der Waals surface area (Å²) in [5, 5.41) is 3.19. The fourth-order valence-electron chi connectivity index (χ4n) is 3.00. The predicted molar refractivity (Wildman–Crippen MR) is 93.4 cm³/mol. The number of amides is 1. The van der Waals surface area contributed by atoms with Crippen molar-refractivity contribution in [2.45, 2.75) is 25.8 Å². The lowest BCUT2D eigenvalue weighted by Gasteiger charge is -2.22. The Balaban J connectivity index is 1.76. The van der Waals surface area contributed by atoms with Crippen molar-refractivity contribution in [2.24, 2.45) is 0 Å². The number of carbonyl (C=O) groups is 1. The first-order valence-electron chi connectivity index (χ1n) is 8.17. The molecule has 1 aromatic carbocycles. The molecule has 0 radical (unpaired) electrons. The van der Waals surface area contributed by atoms with Crippen molar-refractivity contribution >= 4 is 17.4 Å². The Bertz CT molecular complexity index is 720. The van der Waals surface area contributed by atoms with Crippen LogP contribution in [0.25, 0.3) is 0 Å². The minimum atomic E-state index is -0.0882. The van der Waals surface area contributed by atoms with Gasteiger partial charge >= 0.3 is 0 Å². The van der Waals surface area contributed by atoms with Gasteiger partial charge in [-0.3, -0.25) is 4.79 Å². The van der Waals surface area contributed by atoms with Gasteiger partial charge < -0.3 is 15.0 Å². The molecule has 6 nitrogen and oxygen atoms in total. The maximum absolute atomic E-state index is 12.9. The number of carbonyl (C=O) groups excluding carboxylic acids is 1. The molecule has 1 unspecified atom stereocenters. The van der Waals surface area contributed by atoms with Crippen LogP contribution in [0.2, 0.25) is 0 Å². The van der Waals surface area contributed by atoms with Crippen LogP contribution >= 0.6 is 0 Å². The normalized spacial score (nSPS) is 16.1. The Morgan fingerprint density at radius 3 is 3.04 bits per heavy atom. The zero-order valence-electron chi connectivity index (χ0n) is 14.0. The van der Waals surface area contributed by atoms with Crippen molar-refractivity contribution in [3.8, 4) is 0 Å². The highest BCUT2D eigenvalue weighted by atomic mass is 16.5. The van der Waals surface area contributed by atoms with Gasteiger partial charge in [-0.15, -0.1) is 0 Å². The molecule has 0 spiro atoms. The lowest BCUT2D eigenvalue weighted by atomic mass is 10.1. The minimum Gasteiger partial charge on any atom is -0.385 e. The molecule has 3 rings (SSSR count). The molecule has 2 heterocycles. The van der Waals surface area contributed by atoms with E-state index in [1.54, 1.807) is 13.2 Å². The molecule has 0 saturated carbocycles. The molecule has 126 valence electrons. The van der Waals surface area contributed by atoms with E-state index in [2.05, 4.69) is 28.3 Å². The van der Waals surface area contributed by atoms with Gasteiger partial charge in [0, 0.05) is 38.1 Å². The third-order valence-electron chi connectivity index (χ3n) is 4.14. The number of nitrogens with zero attached hydrogens (tertiary/aromatic N) is 3. The SMILES string of the molecule is COCCCNc1cc(C(=O)N2c3ccccc3CC2C)ncn1. The number of fused-ring (bicyclic) bond motifs is 1. The van der Waals surface area contributed by atoms with E-state index < -0.39 is 0 Å². The van der Waals surface area contributed by atoms with Gasteiger partial charge in [-0.25, -0.2) is 9.97 Å². The number of ether oxygens (including phenoxy) is 1. The Morgan fingerprint density at radius 2 is 2.21 bits per heavy atom. The number of benzene rings is 1. The van der Waals surface area contributed by atoms with E-state index in [1.165, 1.54) is 11.9 Å². The van der Waals surface area contributed by atoms with E-state index in [-0.39, 0.29) is 11.9 Å². The average molecular weight is 326 g/mol. The van der Waals surface area contributed by atoms with Gasteiger partial charge in [-0.05, 0) is 31.4 Å². The van der Waals surface area contributed by atoms with Gasteiger partial charge in [0.2, 0.25) is 0 Å². The second-order valence-corrected chi connectivity index (χ2v) is 5.92. The summed E-state index contributed by atoms with van der Waals surface area (Å²) in [7, 11) is 1.68. The number of hydrogen-bond donors (Lipinski definition) is 1. The van der Waals surface area contributed by atoms with Crippen molar-refractivity contribution in [2.75, 3.05) is 30.5 Å². The Kier molecular flexibility index (Phi) is 5.05. The van der Waals surface area contributed by atoms with Crippen LogP contribution < -0.4 is 10.2 Å². The molecular formula is C18H22N4O2. The first kappa shape index (κ1) is 16.4. The average Bonchev–Trinajstić information content (AvgIpc) is 2.94. The van der Waals surface area contributed by atoms with Crippen molar-refractivity contribution in [3.63, 3.8) is 0 Å². The van der Waals surface area contributed by atoms with Crippen LogP contribution in [0.3, 0.4) is 0 Å². The number of nitrogens with one attached hydrogen (secondary N) is 1. The van der Waals surface area contributed by atoms with Gasteiger partial charge in [-0.2, -0.15) is 0 Å². The Hall–Kier alpha value is -2.47. The molecule has 2 aromatic rings. The summed E-state index contributed by atoms with van der Waals surface area (Å²) in [6.07, 6.45) is 3.17. The van der Waals surface area contributed by atoms with E-state index in [0.29, 0.717) is 18.1 Å². The van der Waals surface area contributed by atoms with Gasteiger partial charge in [0.15, 0.2) is 0 Å². The van der Waals surface area contributed by atoms with E-state index in [4.69, 9.17) is 4.74 Å². The van der Waals surface area contributed by atoms with Crippen LogP contribution in [0.1, 0.15) is 29.4 Å². The number of methoxy groups -OCH3 is 1. The highest BCUT2D eigenvalue weighted by molar-refractivity contribution is 6.06. The van der Waals surface area contributed by atoms with Gasteiger partial charge in [0.1, 0.15) is 17.8 Å². The van der Waals surface area contributed by atoms with Crippen molar-refractivity contribution in [1.82, 2.24) is 9.97 Å². The summed E-state index contributed by atoms with van der Waals surface area (Å²) in [4.78, 5) is 23.1. The zero-order chi connectivity index (χ0) is 16.9. The third kappa shape index (κ3) is 3.38. The first-order valence-corrected chi connectivity index (χ1v) is 8.17. The van der Waals surface area contributed by atoms with Crippen LogP contribution in [0.5, 0.6) is 0 Å². The van der Waals surface area contributed by atoms with E-state index in [0.717, 1.165) is 25.1 Å². The number of hydrogen-bond acceptors (Lipinski definition) is 5. The predicted octanol–water partition coefficient (Wildman–Crippen LogP) is 2.52. The molecule has 1 aromatic heterocycles. The summed E-state index contributed by atoms with van der Waals surface area (Å²) in [6, 6.07) is 9.86. The molecule has 6 heteroatoms. The van der Waals surface area contributed by atoms with E-state index in [9.17, 15) is 4.79 Å². The molecule has 1 aliphatic rings. The fourth-order valence-corrected chi connectivity index (χ4v) is 3.00. The highest BCUT2D eigenvalue weighted by Gasteiger charge is 2.31. The summed E-state index contributed by atoms with van der Waals surface area (Å²) in [5.74, 6) is 0.569. The minimum absolute atomic E-state index is 0.0882. The smallest absolute Gasteiger partial charge is 0.277 e. The Labute approximate surface area is 141 Å². The zero-order valence-corrected chi connectivity index (χ0v) is 14.0. The maximum Gasteiger partial charge on any atom is 0.277 e. The molecular weight excluding hydrogens is 304 g/mol. The van der Waals surface area contributed by atoms with Crippen molar-refractivity contribution < 1.29 is 9.53 Å². The van der Waals surface area contributed by atoms with Gasteiger partial charge in [0.25, 0.3) is 5.91 Å². The molecule has 1 N–H and O–H groups in total. The number of aromatic nitrogens is 2. The van der Waals surface area contributed by atoms with Crippen LogP contribution in [-0.2, 0) is 11.2 Å². The quantitative estimate of drug-likeness (QED) is 0.826. The fraction of sp³-hybridized carbons (Fsp3) is 0.389. The topological polar surface area (TPSA) is 67.3 Å². The Morgan fingerprint density at radius 1 is 1.38 bits per heavy atom. The lowest BCUT2D eigenvalue weighted by molar-refractivity contribution is 0.0976.